The molecule has 6 heterocycles. The van der Waals surface area contributed by atoms with Crippen molar-refractivity contribution >= 4 is 97.1 Å². The summed E-state index contributed by atoms with van der Waals surface area (Å²) >= 11 is 3.22. The van der Waals surface area contributed by atoms with E-state index in [9.17, 15) is 70.4 Å². The fraction of sp³-hybridized carbons (Fsp3) is 0.383. The van der Waals surface area contributed by atoms with Crippen LogP contribution in [0.25, 0.3) is 0 Å². The largest absolute Gasteiger partial charge is 1.00 e. The molecule has 708 valence electrons. The van der Waals surface area contributed by atoms with E-state index in [0.29, 0.717) is 88.3 Å². The van der Waals surface area contributed by atoms with E-state index in [4.69, 9.17) is 20.1 Å². The molecule has 8 N–H and O–H groups in total. The van der Waals surface area contributed by atoms with E-state index >= 15 is 0 Å². The molecule has 27 nitrogen and oxygen atoms in total. The summed E-state index contributed by atoms with van der Waals surface area (Å²) in [7, 11) is -14.4. The van der Waals surface area contributed by atoms with Gasteiger partial charge in [0.1, 0.15) is 83.8 Å². The molecule has 2 aromatic heterocycles. The van der Waals surface area contributed by atoms with Gasteiger partial charge in [0.2, 0.25) is 40.1 Å². The van der Waals surface area contributed by atoms with Crippen molar-refractivity contribution in [2.45, 2.75) is 231 Å². The van der Waals surface area contributed by atoms with Crippen LogP contribution in [0.4, 0.5) is 44.2 Å². The lowest BCUT2D eigenvalue weighted by Crippen LogP contribution is -3.00. The van der Waals surface area contributed by atoms with Gasteiger partial charge in [-0.3, -0.25) is 10.1 Å². The number of carboxylic acids is 1. The van der Waals surface area contributed by atoms with Crippen molar-refractivity contribution in [1.29, 1.82) is 0 Å². The second kappa shape index (κ2) is 45.9. The van der Waals surface area contributed by atoms with E-state index in [2.05, 4.69) is 51.9 Å². The number of ether oxygens (including phenoxy) is 2. The summed E-state index contributed by atoms with van der Waals surface area (Å²) in [6.45, 7) is 24.4. The molecule has 4 fully saturated rings. The molecule has 131 heavy (non-hydrogen) atoms. The van der Waals surface area contributed by atoms with E-state index in [0.717, 1.165) is 35.1 Å². The Hall–Kier alpha value is -10.3. The molecular formula is C94H114BrClF4N10O17S4. The molecule has 4 aliphatic heterocycles. The number of hydrogen-bond donors (Lipinski definition) is 5. The highest BCUT2D eigenvalue weighted by Crippen LogP contribution is 2.43. The maximum Gasteiger partial charge on any atom is 0.412 e. The van der Waals surface area contributed by atoms with Crippen LogP contribution in [0.5, 0.6) is 0 Å². The van der Waals surface area contributed by atoms with E-state index < -0.39 is 120 Å². The maximum atomic E-state index is 15.0. The number of nitrogens with one attached hydrogen (secondary N) is 2. The van der Waals surface area contributed by atoms with Crippen molar-refractivity contribution in [3.8, 4) is 0 Å². The number of quaternary nitrogens is 1. The van der Waals surface area contributed by atoms with Crippen LogP contribution < -0.4 is 34.5 Å². The molecule has 4 unspecified atom stereocenters. The lowest BCUT2D eigenvalue weighted by atomic mass is 10.0. The van der Waals surface area contributed by atoms with Crippen LogP contribution in [0, 0.1) is 51.0 Å². The number of nitrogens with zero attached hydrogens (tertiary/aromatic N) is 6. The molecule has 0 aliphatic carbocycles. The van der Waals surface area contributed by atoms with Gasteiger partial charge in [-0.1, -0.05) is 166 Å². The number of halogens is 6. The Morgan fingerprint density at radius 1 is 0.443 bits per heavy atom. The topological polar surface area (TPSA) is 386 Å². The Kier molecular flexibility index (Phi) is 37.2. The number of aryl methyl sites for hydroxylation is 4. The van der Waals surface area contributed by atoms with E-state index in [1.54, 1.807) is 99.6 Å². The number of carbonyl (C=O) groups excluding carboxylic acids is 3. The number of anilines is 2. The van der Waals surface area contributed by atoms with E-state index in [1.807, 2.05) is 149 Å². The molecule has 37 heteroatoms. The summed E-state index contributed by atoms with van der Waals surface area (Å²) in [5.74, 6) is -2.69. The Bertz CT molecular complexity index is 5890. The SMILES string of the molecule is CC(C)(C)OC(N)=O.C[C@H]1CCC(c2ccccc2)S(=O)(=O)N1Cc1ccc(Br)cc1F.C[C@H]1CCC(c2ccccc2)S(=O)(=O)N1Cc1ccc(NC(=O)OC(C)(C)C)cc1F.C[C@H]1CCC(c2ccccc2)S(=O)(=O)N1Cc1ccc([NH3+])cc1F.Cc1noc(C)c1C(=O)Nc1ccc(CN2[C@@H](C)CCC(c3ccccc3)S2(=O)=O)c(F)c1.Cc1noc(C)c1C(=O)O.[Cl-]. The number of primary amides is 1. The lowest BCUT2D eigenvalue weighted by Gasteiger charge is -2.37. The van der Waals surface area contributed by atoms with Crippen LogP contribution in [0.2, 0.25) is 0 Å². The van der Waals surface area contributed by atoms with Crippen molar-refractivity contribution in [2.75, 3.05) is 10.6 Å². The smallest absolute Gasteiger partial charge is 0.412 e. The number of carboxylic acid groups (broad SMARTS) is 1. The van der Waals surface area contributed by atoms with Gasteiger partial charge in [0.05, 0.1) is 11.4 Å². The highest BCUT2D eigenvalue weighted by molar-refractivity contribution is 9.10. The second-order valence-corrected chi connectivity index (χ2v) is 43.4. The molecule has 4 aliphatic rings. The van der Waals surface area contributed by atoms with Gasteiger partial charge < -0.3 is 52.8 Å². The number of amides is 3. The molecule has 0 radical (unpaired) electrons. The normalized spacial score (nSPS) is 20.4. The summed E-state index contributed by atoms with van der Waals surface area (Å²) in [5, 5.41) is 18.5. The Labute approximate surface area is 779 Å². The van der Waals surface area contributed by atoms with Crippen LogP contribution in [-0.4, -0.2) is 126 Å². The van der Waals surface area contributed by atoms with Crippen LogP contribution in [0.3, 0.4) is 0 Å². The minimum atomic E-state index is -3.67. The van der Waals surface area contributed by atoms with Crippen molar-refractivity contribution < 1.29 is 112 Å². The number of sulfonamides is 4. The predicted molar refractivity (Wildman–Crippen MR) is 492 cm³/mol. The fourth-order valence-corrected chi connectivity index (χ4v) is 24.6. The first-order valence-corrected chi connectivity index (χ1v) is 49.0. The summed E-state index contributed by atoms with van der Waals surface area (Å²) in [5.41, 5.74) is 14.1. The van der Waals surface area contributed by atoms with Crippen molar-refractivity contribution in [1.82, 2.24) is 27.5 Å². The standard InChI is InChI=1S/C24H26FN3O4S.C23H29FN2O4S.C18H19BrFNO2S.C18H21FN2O2S.C6H7NO3.C5H11NO2.ClH/c1-15-9-12-22(18-7-5-4-6-8-18)33(30,31)28(15)14-19-10-11-20(13-21(19)25)26-24(29)23-16(2)27-32-17(23)3;1-16-10-13-21(17-8-6-5-7-9-17)31(28,29)26(16)15-18-11-12-19(14-20(18)24)25-22(27)30-23(2,3)4;1-13-7-10-18(14-5-3-2-4-6-14)24(22,23)21(13)12-15-8-9-16(19)11-17(15)20;1-13-7-10-18(14-5-3-2-4-6-14)24(22,23)21(13)12-15-8-9-16(20)11-17(15)19;1-3-5(6(8)9)4(2)10-7-3;1-5(2,3)8-4(6)7;/h4-8,10-11,13,15,22H,9,12,14H2,1-3H3,(H,26,29);5-9,11-12,14,16,21H,10,13,15H2,1-4H3,(H,25,27);2-6,8-9,11,13,18H,7,10,12H2,1H3;2-6,8-9,11,13,18H,7,10,12,20H2,1H3;1-2H3,(H,8,9);1-3H3,(H2,6,7);1H/t15-,22?;16-,21?;2*13-,18?;;;/m0000.../s1. The van der Waals surface area contributed by atoms with E-state index in [-0.39, 0.29) is 90.8 Å². The molecule has 8 aromatic carbocycles. The third kappa shape index (κ3) is 28.4. The van der Waals surface area contributed by atoms with Crippen LogP contribution in [0.15, 0.2) is 208 Å². The summed E-state index contributed by atoms with van der Waals surface area (Å²) in [6.07, 6.45) is 3.73. The Morgan fingerprint density at radius 3 is 0.992 bits per heavy atom. The van der Waals surface area contributed by atoms with Gasteiger partial charge in [-0.05, 0) is 219 Å². The third-order valence-electron chi connectivity index (χ3n) is 22.1. The number of rotatable bonds is 16. The first-order chi connectivity index (χ1) is 61.0. The van der Waals surface area contributed by atoms with Gasteiger partial charge in [0.15, 0.2) is 0 Å². The van der Waals surface area contributed by atoms with Crippen molar-refractivity contribution in [3.05, 3.63) is 300 Å². The monoisotopic (exact) mass is 1970 g/mol. The predicted octanol–water partition coefficient (Wildman–Crippen LogP) is 16.2. The molecule has 0 spiro atoms. The molecule has 3 amide bonds. The maximum absolute atomic E-state index is 15.0. The average Bonchev–Trinajstić information content (AvgIpc) is 1.10. The zero-order chi connectivity index (χ0) is 95.7. The molecule has 0 saturated carbocycles. The fourth-order valence-electron chi connectivity index (χ4n) is 15.5. The minimum Gasteiger partial charge on any atom is -1.00 e. The summed E-state index contributed by atoms with van der Waals surface area (Å²) in [4.78, 5) is 44.8. The van der Waals surface area contributed by atoms with Crippen LogP contribution >= 0.6 is 15.9 Å². The number of hydrogen-bond acceptors (Lipinski definition) is 18. The number of aromatic carboxylic acids is 1. The zero-order valence-electron chi connectivity index (χ0n) is 75.4. The quantitative estimate of drug-likeness (QED) is 0.0561. The number of aromatic nitrogens is 2. The second-order valence-electron chi connectivity index (χ2n) is 34.3. The number of carbonyl (C=O) groups is 4. The van der Waals surface area contributed by atoms with Crippen molar-refractivity contribution in [2.24, 2.45) is 5.73 Å². The van der Waals surface area contributed by atoms with Crippen molar-refractivity contribution in [3.63, 3.8) is 0 Å². The van der Waals surface area contributed by atoms with Gasteiger partial charge in [0, 0.05) is 94.5 Å². The van der Waals surface area contributed by atoms with Gasteiger partial charge >= 0.3 is 18.2 Å². The van der Waals surface area contributed by atoms with Crippen LogP contribution in [-0.2, 0) is 75.7 Å². The van der Waals surface area contributed by atoms with Gasteiger partial charge in [0.25, 0.3) is 5.91 Å². The van der Waals surface area contributed by atoms with Gasteiger partial charge in [-0.2, -0.15) is 17.2 Å². The molecular weight excluding hydrogens is 1860 g/mol. The number of nitrogens with two attached hydrogens (primary N) is 1. The number of benzene rings is 8. The first kappa shape index (κ1) is 106. The first-order valence-electron chi connectivity index (χ1n) is 42.2. The molecule has 14 rings (SSSR count). The van der Waals surface area contributed by atoms with E-state index in [1.165, 1.54) is 59.7 Å². The minimum absolute atomic E-state index is 0. The Morgan fingerprint density at radius 2 is 0.733 bits per heavy atom. The molecule has 8 atom stereocenters. The third-order valence-corrected chi connectivity index (χ3v) is 32.1. The zero-order valence-corrected chi connectivity index (χ0v) is 81.0. The lowest BCUT2D eigenvalue weighted by molar-refractivity contribution is -0.255. The Balaban J connectivity index is 0.000000203. The highest BCUT2D eigenvalue weighted by Gasteiger charge is 2.45. The van der Waals surface area contributed by atoms with Gasteiger partial charge in [-0.15, -0.1) is 0 Å². The highest BCUT2D eigenvalue weighted by atomic mass is 79.9. The average molecular weight is 1980 g/mol. The molecule has 0 bridgehead atoms. The molecule has 4 saturated heterocycles. The summed E-state index contributed by atoms with van der Waals surface area (Å²) in [6, 6.07) is 53.8. The van der Waals surface area contributed by atoms with Crippen LogP contribution in [0.1, 0.15) is 230 Å². The summed E-state index contributed by atoms with van der Waals surface area (Å²) < 4.78 is 189. The molecule has 10 aromatic rings. The van der Waals surface area contributed by atoms with Gasteiger partial charge in [-0.25, -0.2) is 65.6 Å².